The molecule has 0 unspecified atom stereocenters. The van der Waals surface area contributed by atoms with E-state index in [0.29, 0.717) is 0 Å². The molecule has 0 atom stereocenters. The van der Waals surface area contributed by atoms with Crippen LogP contribution < -0.4 is 5.32 Å². The van der Waals surface area contributed by atoms with Gasteiger partial charge in [-0.2, -0.15) is 0 Å². The van der Waals surface area contributed by atoms with Gasteiger partial charge in [0.05, 0.1) is 5.41 Å². The summed E-state index contributed by atoms with van der Waals surface area (Å²) in [5.41, 5.74) is 9.36. The Balaban J connectivity index is 1.43. The van der Waals surface area contributed by atoms with Crippen molar-refractivity contribution in [3.05, 3.63) is 186 Å². The fourth-order valence-electron chi connectivity index (χ4n) is 5.89. The molecule has 0 aliphatic heterocycles. The molecule has 0 fully saturated rings. The Morgan fingerprint density at radius 1 is 0.447 bits per heavy atom. The average Bonchev–Trinajstić information content (AvgIpc) is 3.34. The van der Waals surface area contributed by atoms with Crippen LogP contribution >= 0.6 is 0 Å². The maximum Gasteiger partial charge on any atom is 0.0648 e. The van der Waals surface area contributed by atoms with E-state index in [1.807, 2.05) is 0 Å². The van der Waals surface area contributed by atoms with Gasteiger partial charge in [0.2, 0.25) is 0 Å². The molecule has 0 radical (unpaired) electrons. The normalized spacial score (nSPS) is 13.6. The molecule has 1 heteroatoms. The van der Waals surface area contributed by atoms with Crippen molar-refractivity contribution in [2.24, 2.45) is 0 Å². The Bertz CT molecular complexity index is 1730. The third-order valence-corrected chi connectivity index (χ3v) is 7.68. The van der Waals surface area contributed by atoms with Crippen molar-refractivity contribution in [1.29, 1.82) is 0 Å². The zero-order valence-corrected chi connectivity index (χ0v) is 21.0. The minimum atomic E-state index is -0.399. The van der Waals surface area contributed by atoms with Gasteiger partial charge in [0, 0.05) is 11.4 Å². The lowest BCUT2D eigenvalue weighted by atomic mass is 9.71. The Labute approximate surface area is 223 Å². The number of hydrogen-bond acceptors (Lipinski definition) is 1. The monoisotopic (exact) mass is 485 g/mol. The molecule has 0 heterocycles. The van der Waals surface area contributed by atoms with E-state index < -0.39 is 5.41 Å². The summed E-state index contributed by atoms with van der Waals surface area (Å²) in [6.07, 6.45) is 2.47. The number of fused-ring (bicyclic) bond motifs is 2. The Morgan fingerprint density at radius 3 is 1.68 bits per heavy atom. The highest BCUT2D eigenvalue weighted by Gasteiger charge is 2.41. The van der Waals surface area contributed by atoms with E-state index in [1.54, 1.807) is 0 Å². The van der Waals surface area contributed by atoms with Gasteiger partial charge in [0.1, 0.15) is 0 Å². The molecule has 0 spiro atoms. The molecule has 0 saturated carbocycles. The zero-order valence-electron chi connectivity index (χ0n) is 21.0. The van der Waals surface area contributed by atoms with E-state index in [-0.39, 0.29) is 0 Å². The van der Waals surface area contributed by atoms with Gasteiger partial charge in [-0.25, -0.2) is 0 Å². The predicted octanol–water partition coefficient (Wildman–Crippen LogP) is 9.36. The summed E-state index contributed by atoms with van der Waals surface area (Å²) in [6.45, 7) is 0. The number of rotatable bonds is 5. The number of nitrogens with one attached hydrogen (secondary N) is 1. The maximum atomic E-state index is 3.70. The Kier molecular flexibility index (Phi) is 5.41. The second-order valence-electron chi connectivity index (χ2n) is 9.91. The molecule has 0 bridgehead atoms. The van der Waals surface area contributed by atoms with Crippen LogP contribution in [0.2, 0.25) is 0 Å². The van der Waals surface area contributed by atoms with Crippen molar-refractivity contribution in [2.75, 3.05) is 5.32 Å². The second kappa shape index (κ2) is 9.21. The van der Waals surface area contributed by atoms with Gasteiger partial charge in [-0.15, -0.1) is 0 Å². The van der Waals surface area contributed by atoms with Crippen molar-refractivity contribution < 1.29 is 0 Å². The van der Waals surface area contributed by atoms with Gasteiger partial charge >= 0.3 is 0 Å². The number of benzene rings is 6. The number of anilines is 2. The average molecular weight is 486 g/mol. The highest BCUT2D eigenvalue weighted by atomic mass is 14.9. The van der Waals surface area contributed by atoms with Crippen LogP contribution in [-0.4, -0.2) is 0 Å². The first kappa shape index (κ1) is 22.3. The van der Waals surface area contributed by atoms with Crippen molar-refractivity contribution in [2.45, 2.75) is 5.41 Å². The molecular weight excluding hydrogens is 458 g/mol. The van der Waals surface area contributed by atoms with E-state index in [1.165, 1.54) is 44.2 Å². The van der Waals surface area contributed by atoms with Crippen LogP contribution in [-0.2, 0) is 5.41 Å². The molecule has 0 saturated heterocycles. The van der Waals surface area contributed by atoms with Crippen LogP contribution in [0.5, 0.6) is 0 Å². The third kappa shape index (κ3) is 3.72. The molecule has 6 aromatic carbocycles. The minimum Gasteiger partial charge on any atom is -0.355 e. The third-order valence-electron chi connectivity index (χ3n) is 7.68. The summed E-state index contributed by atoms with van der Waals surface area (Å²) in [5.74, 6) is 0. The van der Waals surface area contributed by atoms with E-state index in [9.17, 15) is 0 Å². The molecule has 1 N–H and O–H groups in total. The van der Waals surface area contributed by atoms with E-state index in [2.05, 4.69) is 163 Å². The Hall–Kier alpha value is -4.88. The molecule has 1 aliphatic carbocycles. The van der Waals surface area contributed by atoms with Crippen molar-refractivity contribution >= 4 is 27.7 Å². The molecule has 1 nitrogen and oxygen atoms in total. The van der Waals surface area contributed by atoms with Gasteiger partial charge in [-0.3, -0.25) is 0 Å². The van der Waals surface area contributed by atoms with Crippen molar-refractivity contribution in [1.82, 2.24) is 0 Å². The van der Waals surface area contributed by atoms with Gasteiger partial charge in [-0.1, -0.05) is 133 Å². The molecule has 38 heavy (non-hydrogen) atoms. The van der Waals surface area contributed by atoms with E-state index in [0.717, 1.165) is 11.4 Å². The zero-order chi connectivity index (χ0) is 25.4. The lowest BCUT2D eigenvalue weighted by molar-refractivity contribution is 0.794. The molecule has 1 aliphatic rings. The standard InChI is InChI=1S/C37H27N/c1-4-13-28(14-5-1)35-26-37(30-16-6-2-7-17-30,31-18-8-3-9-19-31)36-25-33(22-23-34(35)36)38-32-21-20-27-12-10-11-15-29(27)24-32/h1-26,38H. The highest BCUT2D eigenvalue weighted by molar-refractivity contribution is 5.91. The summed E-state index contributed by atoms with van der Waals surface area (Å²) in [6, 6.07) is 54.4. The van der Waals surface area contributed by atoms with Gasteiger partial charge in [0.15, 0.2) is 0 Å². The number of hydrogen-bond donors (Lipinski definition) is 1. The summed E-state index contributed by atoms with van der Waals surface area (Å²) < 4.78 is 0. The summed E-state index contributed by atoms with van der Waals surface area (Å²) >= 11 is 0. The molecule has 7 rings (SSSR count). The van der Waals surface area contributed by atoms with Crippen LogP contribution in [0.15, 0.2) is 158 Å². The predicted molar refractivity (Wildman–Crippen MR) is 160 cm³/mol. The number of allylic oxidation sites excluding steroid dienone is 1. The first-order valence-corrected chi connectivity index (χ1v) is 13.1. The lowest BCUT2D eigenvalue weighted by Crippen LogP contribution is -2.25. The van der Waals surface area contributed by atoms with Crippen molar-refractivity contribution in [3.8, 4) is 0 Å². The first-order chi connectivity index (χ1) is 18.8. The van der Waals surface area contributed by atoms with Crippen molar-refractivity contribution in [3.63, 3.8) is 0 Å². The fourth-order valence-corrected chi connectivity index (χ4v) is 5.89. The van der Waals surface area contributed by atoms with Gasteiger partial charge in [-0.05, 0) is 68.4 Å². The molecule has 0 aromatic heterocycles. The van der Waals surface area contributed by atoms with Crippen LogP contribution in [0.4, 0.5) is 11.4 Å². The quantitative estimate of drug-likeness (QED) is 0.256. The highest BCUT2D eigenvalue weighted by Crippen LogP contribution is 2.52. The van der Waals surface area contributed by atoms with Crippen LogP contribution in [0.25, 0.3) is 16.3 Å². The van der Waals surface area contributed by atoms with Gasteiger partial charge in [0.25, 0.3) is 0 Å². The topological polar surface area (TPSA) is 12.0 Å². The summed E-state index contributed by atoms with van der Waals surface area (Å²) in [7, 11) is 0. The largest absolute Gasteiger partial charge is 0.355 e. The fraction of sp³-hybridized carbons (Fsp3) is 0.0270. The summed E-state index contributed by atoms with van der Waals surface area (Å²) in [5, 5.41) is 6.18. The maximum absolute atomic E-state index is 3.70. The SMILES string of the molecule is C1=C(c2ccccc2)c2ccc(Nc3ccc4ccccc4c3)cc2C1(c1ccccc1)c1ccccc1. The Morgan fingerprint density at radius 2 is 1.00 bits per heavy atom. The smallest absolute Gasteiger partial charge is 0.0648 e. The molecule has 180 valence electrons. The van der Waals surface area contributed by atoms with Crippen LogP contribution in [0, 0.1) is 0 Å². The first-order valence-electron chi connectivity index (χ1n) is 13.1. The minimum absolute atomic E-state index is 0.399. The molecule has 0 amide bonds. The van der Waals surface area contributed by atoms with E-state index in [4.69, 9.17) is 0 Å². The van der Waals surface area contributed by atoms with Crippen LogP contribution in [0.3, 0.4) is 0 Å². The lowest BCUT2D eigenvalue weighted by Gasteiger charge is -2.31. The van der Waals surface area contributed by atoms with E-state index >= 15 is 0 Å². The molecular formula is C37H27N. The summed E-state index contributed by atoms with van der Waals surface area (Å²) in [4.78, 5) is 0. The molecule has 6 aromatic rings. The van der Waals surface area contributed by atoms with Crippen LogP contribution in [0.1, 0.15) is 27.8 Å². The second-order valence-corrected chi connectivity index (χ2v) is 9.91. The van der Waals surface area contributed by atoms with Gasteiger partial charge < -0.3 is 5.32 Å².